The Morgan fingerprint density at radius 2 is 0.453 bits per heavy atom. The second-order valence-corrected chi connectivity index (χ2v) is 43.1. The first-order chi connectivity index (χ1) is 69.6. The zero-order valence-electron chi connectivity index (χ0n) is 98.1. The highest BCUT2D eigenvalue weighted by atomic mass is 19.2. The van der Waals surface area contributed by atoms with Crippen LogP contribution < -0.4 is 0 Å². The molecule has 4 saturated heterocycles. The average molecular weight is 2040 g/mol. The number of aryl methyl sites for hydroxylation is 20. The van der Waals surface area contributed by atoms with Crippen LogP contribution in [0.4, 0.5) is 26.3 Å². The molecule has 0 radical (unpaired) electrons. The van der Waals surface area contributed by atoms with E-state index < -0.39 is 23.3 Å². The van der Waals surface area contributed by atoms with Gasteiger partial charge < -0.3 is 28.4 Å². The van der Waals surface area contributed by atoms with Crippen LogP contribution in [-0.2, 0) is 28.4 Å². The van der Waals surface area contributed by atoms with E-state index in [-0.39, 0.29) is 35.3 Å². The third kappa shape index (κ3) is 64.7. The smallest absolute Gasteiger partial charge is 0.154 e. The minimum Gasteiger partial charge on any atom is -0.378 e. The summed E-state index contributed by atoms with van der Waals surface area (Å²) >= 11 is 0. The highest BCUT2D eigenvalue weighted by Crippen LogP contribution is 2.29. The summed E-state index contributed by atoms with van der Waals surface area (Å²) in [6, 6.07) is 50.3. The summed E-state index contributed by atoms with van der Waals surface area (Å²) in [6.45, 7) is 78.4. The summed E-state index contributed by atoms with van der Waals surface area (Å²) in [6.07, 6.45) is 32.2. The number of aromatic nitrogens is 4. The standard InChI is InChI=1S/C12H12.2C9H12.2C8H8F2.2C8H9F.C8H16.2C8H14.C8H10.2C7H14O.2C6H8N2.2C6H12O2/c1-9-3-5-12-8-10(2)4-6-11(12)7-9;2*1-7-4-5-8(2)9(3)6-7;2*1-5-3-7(9)6(2)8(10)4-5;2*1-6-3-4-7(2)8(9)5-6;4*1-7-3-5-8(2)6-4-7;2*1-6-3-4-7(2)8-5-6;4*1-5-3-7-6(2)8-4-5/h3-8H,1-2H3;2*4-6H,1-3H3;2*3-4H,1-2H3;2*3-5H,1-2H3;7-8H,3-6H2,1-2H3;2*3,8H,4-6H2,1-2H3;3-6H,1-2H3;2*6-7H,3-5H2,1-2H3;2*3-4H,1-2H3;2*5-6H,3-4H2,1-2H3. The first kappa shape index (κ1) is 134. The van der Waals surface area contributed by atoms with Crippen molar-refractivity contribution in [3.63, 3.8) is 0 Å². The molecule has 2 aromatic heterocycles. The fraction of sp³-hybridized carbons (Fsp3) is 0.515. The fourth-order valence-corrected chi connectivity index (χ4v) is 14.8. The molecule has 16 heteroatoms. The molecule has 0 bridgehead atoms. The van der Waals surface area contributed by atoms with Gasteiger partial charge in [0.15, 0.2) is 12.6 Å². The Morgan fingerprint density at radius 1 is 0.209 bits per heavy atom. The molecule has 18 rings (SSSR count). The molecule has 11 aromatic rings. The van der Waals surface area contributed by atoms with E-state index in [4.69, 9.17) is 28.4 Å². The number of ether oxygens (including phenoxy) is 6. The van der Waals surface area contributed by atoms with Gasteiger partial charge in [-0.25, -0.2) is 46.3 Å². The molecule has 6 heterocycles. The molecular formula is C132H192F6N4O6. The number of nitrogens with zero attached hydrogens (tertiary/aromatic N) is 4. The lowest BCUT2D eigenvalue weighted by Gasteiger charge is -2.24. The SMILES string of the molecule is CC1=CCC(C)CC1.CC1=CCC(C)CC1.CC1CCC(C)CC1.CC1CCC(C)OC1.CC1CCC(C)OC1.CC1COC(C)OC1.CC1COC(C)OC1.Cc1cc(F)c(C)c(F)c1.Cc1cc(F)c(C)c(F)c1.Cc1ccc(C)c(C)c1.Cc1ccc(C)c(C)c1.Cc1ccc(C)c(F)c1.Cc1ccc(C)c(F)c1.Cc1ccc(C)cc1.Cc1ccc2cc(C)ccc2c1.Cc1cnc(C)nc1.Cc1cnc(C)nc1. The molecule has 6 atom stereocenters. The summed E-state index contributed by atoms with van der Waals surface area (Å²) in [5, 5.41) is 2.67. The van der Waals surface area contributed by atoms with E-state index in [0.717, 1.165) is 109 Å². The van der Waals surface area contributed by atoms with Gasteiger partial charge in [0.05, 0.1) is 38.6 Å². The number of hydrogen-bond acceptors (Lipinski definition) is 10. The minimum absolute atomic E-state index is 0.0196. The van der Waals surface area contributed by atoms with Crippen molar-refractivity contribution in [2.24, 2.45) is 47.3 Å². The van der Waals surface area contributed by atoms with Crippen LogP contribution in [0.15, 0.2) is 206 Å². The van der Waals surface area contributed by atoms with E-state index in [1.165, 1.54) is 207 Å². The topological polar surface area (TPSA) is 107 Å². The normalized spacial score (nSPS) is 20.0. The van der Waals surface area contributed by atoms with Crippen LogP contribution in [0.1, 0.15) is 310 Å². The lowest BCUT2D eigenvalue weighted by Crippen LogP contribution is -2.27. The molecule has 3 aliphatic carbocycles. The monoisotopic (exact) mass is 2040 g/mol. The zero-order valence-corrected chi connectivity index (χ0v) is 98.1. The van der Waals surface area contributed by atoms with Crippen molar-refractivity contribution in [1.82, 2.24) is 19.9 Å². The third-order valence-corrected chi connectivity index (χ3v) is 26.0. The number of hydrogen-bond donors (Lipinski definition) is 0. The van der Waals surface area contributed by atoms with Crippen LogP contribution in [0.25, 0.3) is 10.8 Å². The van der Waals surface area contributed by atoms with Crippen molar-refractivity contribution in [3.8, 4) is 0 Å². The molecule has 0 amide bonds. The van der Waals surface area contributed by atoms with Gasteiger partial charge in [-0.3, -0.25) is 0 Å². The molecule has 148 heavy (non-hydrogen) atoms. The zero-order chi connectivity index (χ0) is 111. The quantitative estimate of drug-likeness (QED) is 0.108. The third-order valence-electron chi connectivity index (χ3n) is 26.0. The Morgan fingerprint density at radius 3 is 0.669 bits per heavy atom. The van der Waals surface area contributed by atoms with Crippen molar-refractivity contribution in [3.05, 3.63) is 364 Å². The molecule has 6 unspecified atom stereocenters. The molecule has 0 N–H and O–H groups in total. The van der Waals surface area contributed by atoms with E-state index in [9.17, 15) is 26.3 Å². The van der Waals surface area contributed by atoms with E-state index in [2.05, 4.69) is 281 Å². The Kier molecular flexibility index (Phi) is 68.1. The van der Waals surface area contributed by atoms with Gasteiger partial charge in [0.2, 0.25) is 0 Å². The number of benzene rings is 9. The average Bonchev–Trinajstić information content (AvgIpc) is 0.836. The fourth-order valence-electron chi connectivity index (χ4n) is 14.8. The second kappa shape index (κ2) is 75.0. The Bertz CT molecular complexity index is 4810. The Hall–Kier alpha value is -9.78. The van der Waals surface area contributed by atoms with Gasteiger partial charge in [0.1, 0.15) is 46.6 Å². The van der Waals surface area contributed by atoms with Crippen LogP contribution in [0.3, 0.4) is 0 Å². The molecule has 1 saturated carbocycles. The van der Waals surface area contributed by atoms with Gasteiger partial charge in [-0.05, 0) is 408 Å². The van der Waals surface area contributed by atoms with Crippen molar-refractivity contribution < 1.29 is 54.8 Å². The van der Waals surface area contributed by atoms with Crippen molar-refractivity contribution in [2.75, 3.05) is 39.6 Å². The highest BCUT2D eigenvalue weighted by molar-refractivity contribution is 5.83. The number of halogens is 6. The van der Waals surface area contributed by atoms with E-state index >= 15 is 0 Å². The molecule has 0 spiro atoms. The highest BCUT2D eigenvalue weighted by Gasteiger charge is 2.19. The van der Waals surface area contributed by atoms with Crippen LogP contribution >= 0.6 is 0 Å². The number of rotatable bonds is 0. The summed E-state index contributed by atoms with van der Waals surface area (Å²) in [7, 11) is 0. The van der Waals surface area contributed by atoms with Crippen LogP contribution in [0, 0.1) is 235 Å². The van der Waals surface area contributed by atoms with Crippen LogP contribution in [0.2, 0.25) is 0 Å². The van der Waals surface area contributed by atoms with Gasteiger partial charge in [-0.1, -0.05) is 259 Å². The summed E-state index contributed by atoms with van der Waals surface area (Å²) in [5.41, 5.74) is 23.7. The minimum atomic E-state index is -0.475. The maximum atomic E-state index is 12.6. The maximum absolute atomic E-state index is 12.6. The molecular weight excluding hydrogens is 1850 g/mol. The van der Waals surface area contributed by atoms with Gasteiger partial charge >= 0.3 is 0 Å². The Balaban J connectivity index is 0.000000532. The van der Waals surface area contributed by atoms with Gasteiger partial charge in [0, 0.05) is 61.0 Å². The summed E-state index contributed by atoms with van der Waals surface area (Å²) in [5.74, 6) is 6.20. The maximum Gasteiger partial charge on any atom is 0.154 e. The second-order valence-electron chi connectivity index (χ2n) is 43.1. The lowest BCUT2D eigenvalue weighted by atomic mass is 9.84. The Labute approximate surface area is 894 Å². The molecule has 818 valence electrons. The molecule has 10 nitrogen and oxygen atoms in total. The predicted molar refractivity (Wildman–Crippen MR) is 616 cm³/mol. The van der Waals surface area contributed by atoms with Crippen molar-refractivity contribution in [1.29, 1.82) is 0 Å². The summed E-state index contributed by atoms with van der Waals surface area (Å²) < 4.78 is 107. The molecule has 9 aromatic carbocycles. The first-order valence-electron chi connectivity index (χ1n) is 54.0. The predicted octanol–water partition coefficient (Wildman–Crippen LogP) is 37.2. The number of allylic oxidation sites excluding steroid dienone is 4. The van der Waals surface area contributed by atoms with E-state index in [1.54, 1.807) is 51.0 Å². The summed E-state index contributed by atoms with van der Waals surface area (Å²) in [4.78, 5) is 15.9. The lowest BCUT2D eigenvalue weighted by molar-refractivity contribution is -0.187. The molecule has 5 fully saturated rings. The van der Waals surface area contributed by atoms with Gasteiger partial charge in [-0.2, -0.15) is 0 Å². The van der Waals surface area contributed by atoms with Crippen LogP contribution in [-0.4, -0.2) is 84.4 Å². The molecule has 4 aliphatic heterocycles. The largest absolute Gasteiger partial charge is 0.378 e. The van der Waals surface area contributed by atoms with Gasteiger partial charge in [0.25, 0.3) is 0 Å². The molecule has 7 aliphatic rings. The van der Waals surface area contributed by atoms with Crippen molar-refractivity contribution >= 4 is 10.8 Å². The first-order valence-corrected chi connectivity index (χ1v) is 54.0. The van der Waals surface area contributed by atoms with Crippen LogP contribution in [0.5, 0.6) is 0 Å². The van der Waals surface area contributed by atoms with Gasteiger partial charge in [-0.15, -0.1) is 0 Å². The number of fused-ring (bicyclic) bond motifs is 1. The van der Waals surface area contributed by atoms with E-state index in [0.29, 0.717) is 46.3 Å². The van der Waals surface area contributed by atoms with E-state index in [1.807, 2.05) is 92.3 Å². The van der Waals surface area contributed by atoms with Crippen molar-refractivity contribution in [2.45, 2.75) is 364 Å².